The zero-order valence-electron chi connectivity index (χ0n) is 7.42. The summed E-state index contributed by atoms with van der Waals surface area (Å²) in [6.45, 7) is 6.57. The van der Waals surface area contributed by atoms with Crippen molar-refractivity contribution in [2.24, 2.45) is 5.41 Å². The molecule has 0 saturated carbocycles. The maximum absolute atomic E-state index is 10.4. The van der Waals surface area contributed by atoms with E-state index in [0.717, 1.165) is 6.29 Å². The van der Waals surface area contributed by atoms with Crippen molar-refractivity contribution < 1.29 is 9.90 Å². The molecule has 1 unspecified atom stereocenters. The molecule has 3 heteroatoms. The lowest BCUT2D eigenvalue weighted by Crippen LogP contribution is -2.34. The minimum Gasteiger partial charge on any atom is -0.392 e. The molecule has 66 valence electrons. The van der Waals surface area contributed by atoms with Gasteiger partial charge in [-0.25, -0.2) is 0 Å². The van der Waals surface area contributed by atoms with E-state index < -0.39 is 0 Å². The van der Waals surface area contributed by atoms with E-state index in [1.165, 1.54) is 0 Å². The van der Waals surface area contributed by atoms with Gasteiger partial charge in [-0.2, -0.15) is 0 Å². The Hall–Kier alpha value is -0.410. The van der Waals surface area contributed by atoms with Crippen LogP contribution >= 0.6 is 0 Å². The number of aliphatic hydroxyl groups excluding tert-OH is 1. The molecule has 2 N–H and O–H groups in total. The maximum Gasteiger partial charge on any atom is 0.126 e. The normalized spacial score (nSPS) is 14.5. The van der Waals surface area contributed by atoms with Crippen LogP contribution in [0.3, 0.4) is 0 Å². The summed E-state index contributed by atoms with van der Waals surface area (Å²) < 4.78 is 0. The van der Waals surface area contributed by atoms with Crippen molar-refractivity contribution in [2.45, 2.75) is 26.9 Å². The van der Waals surface area contributed by atoms with Gasteiger partial charge in [0.05, 0.1) is 6.10 Å². The molecular formula is C8H17NO2. The molecule has 0 spiro atoms. The average Bonchev–Trinajstić information content (AvgIpc) is 1.87. The first-order valence-electron chi connectivity index (χ1n) is 3.83. The van der Waals surface area contributed by atoms with E-state index in [2.05, 4.69) is 5.32 Å². The van der Waals surface area contributed by atoms with Crippen molar-refractivity contribution in [2.75, 3.05) is 13.1 Å². The van der Waals surface area contributed by atoms with Crippen LogP contribution in [-0.4, -0.2) is 30.6 Å². The molecule has 0 aliphatic rings. The fraction of sp³-hybridized carbons (Fsp3) is 0.875. The van der Waals surface area contributed by atoms with Crippen LogP contribution in [0.15, 0.2) is 0 Å². The second kappa shape index (κ2) is 4.46. The highest BCUT2D eigenvalue weighted by Crippen LogP contribution is 2.07. The van der Waals surface area contributed by atoms with Crippen LogP contribution in [0.1, 0.15) is 20.8 Å². The number of carbonyl (C=O) groups is 1. The van der Waals surface area contributed by atoms with E-state index in [0.29, 0.717) is 13.1 Å². The van der Waals surface area contributed by atoms with Crippen molar-refractivity contribution in [3.8, 4) is 0 Å². The SMILES string of the molecule is CC(O)CNCC(C)(C)C=O. The van der Waals surface area contributed by atoms with Gasteiger partial charge in [0.15, 0.2) is 0 Å². The Bertz CT molecular complexity index is 121. The molecule has 0 amide bonds. The monoisotopic (exact) mass is 159 g/mol. The van der Waals surface area contributed by atoms with Crippen LogP contribution in [0.4, 0.5) is 0 Å². The summed E-state index contributed by atoms with van der Waals surface area (Å²) in [7, 11) is 0. The highest BCUT2D eigenvalue weighted by atomic mass is 16.3. The maximum atomic E-state index is 10.4. The molecule has 0 aliphatic carbocycles. The van der Waals surface area contributed by atoms with E-state index in [9.17, 15) is 4.79 Å². The third kappa shape index (κ3) is 6.01. The van der Waals surface area contributed by atoms with Crippen LogP contribution in [-0.2, 0) is 4.79 Å². The number of nitrogens with one attached hydrogen (secondary N) is 1. The van der Waals surface area contributed by atoms with Gasteiger partial charge in [-0.15, -0.1) is 0 Å². The van der Waals surface area contributed by atoms with Gasteiger partial charge in [-0.3, -0.25) is 0 Å². The number of hydrogen-bond acceptors (Lipinski definition) is 3. The molecular weight excluding hydrogens is 142 g/mol. The van der Waals surface area contributed by atoms with E-state index >= 15 is 0 Å². The van der Waals surface area contributed by atoms with Crippen molar-refractivity contribution in [3.63, 3.8) is 0 Å². The van der Waals surface area contributed by atoms with Crippen LogP contribution in [0.5, 0.6) is 0 Å². The lowest BCUT2D eigenvalue weighted by Gasteiger charge is -2.17. The lowest BCUT2D eigenvalue weighted by molar-refractivity contribution is -0.114. The molecule has 0 saturated heterocycles. The molecule has 1 atom stereocenters. The van der Waals surface area contributed by atoms with E-state index in [-0.39, 0.29) is 11.5 Å². The van der Waals surface area contributed by atoms with Gasteiger partial charge in [-0.05, 0) is 6.92 Å². The molecule has 0 aromatic heterocycles. The Balaban J connectivity index is 3.45. The van der Waals surface area contributed by atoms with Crippen molar-refractivity contribution >= 4 is 6.29 Å². The third-order valence-corrected chi connectivity index (χ3v) is 1.34. The summed E-state index contributed by atoms with van der Waals surface area (Å²) in [6.07, 6.45) is 0.569. The molecule has 0 radical (unpaired) electrons. The lowest BCUT2D eigenvalue weighted by atomic mass is 9.96. The van der Waals surface area contributed by atoms with Gasteiger partial charge in [0.25, 0.3) is 0 Å². The highest BCUT2D eigenvalue weighted by molar-refractivity contribution is 5.58. The summed E-state index contributed by atoms with van der Waals surface area (Å²) in [4.78, 5) is 10.4. The standard InChI is InChI=1S/C8H17NO2/c1-7(11)4-9-5-8(2,3)6-10/h6-7,9,11H,4-5H2,1-3H3. The van der Waals surface area contributed by atoms with Crippen LogP contribution in [0.25, 0.3) is 0 Å². The molecule has 11 heavy (non-hydrogen) atoms. The van der Waals surface area contributed by atoms with Crippen LogP contribution < -0.4 is 5.32 Å². The number of aldehydes is 1. The predicted octanol–water partition coefficient (Wildman–Crippen LogP) is 0.182. The van der Waals surface area contributed by atoms with Gasteiger partial charge < -0.3 is 15.2 Å². The number of aliphatic hydroxyl groups is 1. The van der Waals surface area contributed by atoms with Crippen molar-refractivity contribution in [1.82, 2.24) is 5.32 Å². The van der Waals surface area contributed by atoms with Crippen molar-refractivity contribution in [1.29, 1.82) is 0 Å². The summed E-state index contributed by atoms with van der Waals surface area (Å²) in [6, 6.07) is 0. The molecule has 0 bridgehead atoms. The van der Waals surface area contributed by atoms with Gasteiger partial charge in [0, 0.05) is 18.5 Å². The fourth-order valence-electron chi connectivity index (χ4n) is 0.645. The summed E-state index contributed by atoms with van der Waals surface area (Å²) in [5.74, 6) is 0. The predicted molar refractivity (Wildman–Crippen MR) is 44.4 cm³/mol. The number of hydrogen-bond donors (Lipinski definition) is 2. The van der Waals surface area contributed by atoms with E-state index in [1.807, 2.05) is 13.8 Å². The fourth-order valence-corrected chi connectivity index (χ4v) is 0.645. The van der Waals surface area contributed by atoms with Crippen molar-refractivity contribution in [3.05, 3.63) is 0 Å². The topological polar surface area (TPSA) is 49.3 Å². The second-order valence-electron chi connectivity index (χ2n) is 3.59. The molecule has 0 fully saturated rings. The van der Waals surface area contributed by atoms with Gasteiger partial charge in [-0.1, -0.05) is 13.8 Å². The first-order chi connectivity index (χ1) is 4.98. The van der Waals surface area contributed by atoms with Gasteiger partial charge in [0.1, 0.15) is 6.29 Å². The molecule has 0 aromatic rings. The van der Waals surface area contributed by atoms with Crippen LogP contribution in [0.2, 0.25) is 0 Å². The smallest absolute Gasteiger partial charge is 0.126 e. The molecule has 0 aliphatic heterocycles. The highest BCUT2D eigenvalue weighted by Gasteiger charge is 2.15. The number of carbonyl (C=O) groups excluding carboxylic acids is 1. The summed E-state index contributed by atoms with van der Waals surface area (Å²) >= 11 is 0. The quantitative estimate of drug-likeness (QED) is 0.563. The summed E-state index contributed by atoms with van der Waals surface area (Å²) in [5.41, 5.74) is -0.325. The Morgan fingerprint density at radius 2 is 2.18 bits per heavy atom. The third-order valence-electron chi connectivity index (χ3n) is 1.34. The Labute approximate surface area is 67.8 Å². The second-order valence-corrected chi connectivity index (χ2v) is 3.59. The Kier molecular flexibility index (Phi) is 4.30. The largest absolute Gasteiger partial charge is 0.392 e. The average molecular weight is 159 g/mol. The van der Waals surface area contributed by atoms with E-state index in [1.54, 1.807) is 6.92 Å². The number of rotatable bonds is 5. The minimum atomic E-state index is -0.350. The minimum absolute atomic E-state index is 0.325. The summed E-state index contributed by atoms with van der Waals surface area (Å²) in [5, 5.41) is 11.9. The molecule has 0 rings (SSSR count). The van der Waals surface area contributed by atoms with Gasteiger partial charge in [0.2, 0.25) is 0 Å². The zero-order valence-corrected chi connectivity index (χ0v) is 7.42. The van der Waals surface area contributed by atoms with E-state index in [4.69, 9.17) is 5.11 Å². The Morgan fingerprint density at radius 1 is 1.64 bits per heavy atom. The van der Waals surface area contributed by atoms with Crippen LogP contribution in [0, 0.1) is 5.41 Å². The Morgan fingerprint density at radius 3 is 2.55 bits per heavy atom. The first-order valence-corrected chi connectivity index (χ1v) is 3.83. The van der Waals surface area contributed by atoms with Gasteiger partial charge >= 0.3 is 0 Å². The molecule has 0 aromatic carbocycles. The molecule has 0 heterocycles. The first kappa shape index (κ1) is 10.6. The molecule has 3 nitrogen and oxygen atoms in total. The zero-order chi connectivity index (χ0) is 8.91.